The van der Waals surface area contributed by atoms with E-state index in [1.165, 1.54) is 51.5 Å². The van der Waals surface area contributed by atoms with Gasteiger partial charge in [0.1, 0.15) is 17.6 Å². The molecule has 1 fully saturated rings. The highest BCUT2D eigenvalue weighted by Crippen LogP contribution is 2.45. The number of aryl methyl sites for hydroxylation is 1. The van der Waals surface area contributed by atoms with Crippen LogP contribution >= 0.6 is 34.4 Å². The smallest absolute Gasteiger partial charge is 0.301 e. The molecule has 2 aromatic carbocycles. The number of halogens is 1. The van der Waals surface area contributed by atoms with Gasteiger partial charge in [0, 0.05) is 16.2 Å². The summed E-state index contributed by atoms with van der Waals surface area (Å²) in [6, 6.07) is 16.8. The second-order valence-corrected chi connectivity index (χ2v) is 10.9. The first-order valence-corrected chi connectivity index (χ1v) is 13.2. The fraction of sp³-hybridized carbons (Fsp3) is 0.120. The van der Waals surface area contributed by atoms with Crippen LogP contribution in [-0.2, 0) is 15.3 Å². The van der Waals surface area contributed by atoms with Gasteiger partial charge in [-0.2, -0.15) is 0 Å². The van der Waals surface area contributed by atoms with Crippen molar-refractivity contribution < 1.29 is 19.1 Å². The van der Waals surface area contributed by atoms with Gasteiger partial charge in [-0.15, -0.1) is 21.5 Å². The first-order chi connectivity index (χ1) is 16.9. The zero-order chi connectivity index (χ0) is 24.5. The molecular formula is C25H18FN3O3S3. The lowest BCUT2D eigenvalue weighted by Gasteiger charge is -2.20. The molecule has 0 aliphatic carbocycles. The number of aromatic nitrogens is 2. The van der Waals surface area contributed by atoms with Crippen LogP contribution < -0.4 is 4.90 Å². The molecular weight excluding hydrogens is 505 g/mol. The number of thiophene rings is 1. The summed E-state index contributed by atoms with van der Waals surface area (Å²) in [5.74, 6) is -1.92. The molecule has 1 saturated heterocycles. The SMILES string of the molecule is Cc1ccc(C(O)=C2C(=O)C(=O)N(c3nnc(SCc4ccccc4)s3)[C@H]2c2cccs2)cc1F. The summed E-state index contributed by atoms with van der Waals surface area (Å²) >= 11 is 4.03. The highest BCUT2D eigenvalue weighted by atomic mass is 32.2. The normalized spacial score (nSPS) is 17.3. The number of carbonyl (C=O) groups excluding carboxylic acids is 2. The highest BCUT2D eigenvalue weighted by Gasteiger charge is 2.48. The number of aliphatic hydroxyl groups excluding tert-OH is 1. The number of hydrogen-bond acceptors (Lipinski definition) is 8. The molecule has 4 aromatic rings. The summed E-state index contributed by atoms with van der Waals surface area (Å²) < 4.78 is 14.8. The summed E-state index contributed by atoms with van der Waals surface area (Å²) in [5, 5.41) is 21.5. The van der Waals surface area contributed by atoms with Gasteiger partial charge < -0.3 is 5.11 Å². The minimum absolute atomic E-state index is 0.102. The molecule has 0 spiro atoms. The number of carbonyl (C=O) groups is 2. The summed E-state index contributed by atoms with van der Waals surface area (Å²) in [6.45, 7) is 1.60. The summed E-state index contributed by atoms with van der Waals surface area (Å²) in [5.41, 5.74) is 1.56. The molecule has 1 aliphatic rings. The number of ketones is 1. The molecule has 10 heteroatoms. The van der Waals surface area contributed by atoms with Gasteiger partial charge in [-0.3, -0.25) is 14.5 Å². The Balaban J connectivity index is 1.53. The Labute approximate surface area is 212 Å². The van der Waals surface area contributed by atoms with Crippen molar-refractivity contribution >= 4 is 57.0 Å². The fourth-order valence-electron chi connectivity index (χ4n) is 3.72. The van der Waals surface area contributed by atoms with E-state index in [1.807, 2.05) is 35.7 Å². The molecule has 6 nitrogen and oxygen atoms in total. The molecule has 0 unspecified atom stereocenters. The summed E-state index contributed by atoms with van der Waals surface area (Å²) in [4.78, 5) is 28.2. The van der Waals surface area contributed by atoms with Crippen molar-refractivity contribution in [1.29, 1.82) is 0 Å². The monoisotopic (exact) mass is 523 g/mol. The number of Topliss-reactive ketones (excluding diaryl/α,β-unsaturated/α-hetero) is 1. The van der Waals surface area contributed by atoms with Gasteiger partial charge in [0.25, 0.3) is 5.78 Å². The van der Waals surface area contributed by atoms with Crippen molar-refractivity contribution in [3.8, 4) is 0 Å². The van der Waals surface area contributed by atoms with E-state index in [-0.39, 0.29) is 16.3 Å². The van der Waals surface area contributed by atoms with Crippen molar-refractivity contribution in [2.45, 2.75) is 23.1 Å². The van der Waals surface area contributed by atoms with E-state index < -0.39 is 29.3 Å². The van der Waals surface area contributed by atoms with Crippen LogP contribution in [0.2, 0.25) is 0 Å². The Morgan fingerprint density at radius 3 is 2.63 bits per heavy atom. The van der Waals surface area contributed by atoms with E-state index >= 15 is 0 Å². The van der Waals surface area contributed by atoms with E-state index in [2.05, 4.69) is 10.2 Å². The van der Waals surface area contributed by atoms with Crippen molar-refractivity contribution in [1.82, 2.24) is 10.2 Å². The van der Waals surface area contributed by atoms with Crippen LogP contribution in [0.3, 0.4) is 0 Å². The molecule has 1 N–H and O–H groups in total. The van der Waals surface area contributed by atoms with Crippen LogP contribution in [0.4, 0.5) is 9.52 Å². The van der Waals surface area contributed by atoms with Crippen LogP contribution in [0.15, 0.2) is 76.0 Å². The number of rotatable bonds is 6. The van der Waals surface area contributed by atoms with Crippen molar-refractivity contribution in [3.05, 3.63) is 99.0 Å². The number of aliphatic hydroxyl groups is 1. The lowest BCUT2D eigenvalue weighted by atomic mass is 9.99. The summed E-state index contributed by atoms with van der Waals surface area (Å²) in [7, 11) is 0. The van der Waals surface area contributed by atoms with Crippen LogP contribution in [0.5, 0.6) is 0 Å². The van der Waals surface area contributed by atoms with Gasteiger partial charge in [0.15, 0.2) is 4.34 Å². The molecule has 176 valence electrons. The molecule has 5 rings (SSSR count). The third-order valence-corrected chi connectivity index (χ3v) is 8.56. The first-order valence-electron chi connectivity index (χ1n) is 10.5. The van der Waals surface area contributed by atoms with Crippen LogP contribution in [0.1, 0.15) is 27.6 Å². The topological polar surface area (TPSA) is 83.4 Å². The maximum absolute atomic E-state index is 14.2. The van der Waals surface area contributed by atoms with E-state index in [0.29, 0.717) is 20.5 Å². The van der Waals surface area contributed by atoms with E-state index in [9.17, 15) is 19.1 Å². The fourth-order valence-corrected chi connectivity index (χ4v) is 6.37. The van der Waals surface area contributed by atoms with Crippen molar-refractivity contribution in [2.24, 2.45) is 0 Å². The van der Waals surface area contributed by atoms with Gasteiger partial charge in [0.2, 0.25) is 5.13 Å². The standard InChI is InChI=1S/C25H18FN3O3S3/c1-14-9-10-16(12-17(14)26)21(30)19-20(18-8-5-11-33-18)29(23(32)22(19)31)24-27-28-25(35-24)34-13-15-6-3-2-4-7-15/h2-12,20,30H,13H2,1H3/t20-/m0/s1. The minimum Gasteiger partial charge on any atom is -0.507 e. The third kappa shape index (κ3) is 4.52. The second kappa shape index (κ2) is 9.73. The predicted octanol–water partition coefficient (Wildman–Crippen LogP) is 5.97. The molecule has 1 amide bonds. The van der Waals surface area contributed by atoms with Gasteiger partial charge in [-0.25, -0.2) is 4.39 Å². The predicted molar refractivity (Wildman–Crippen MR) is 136 cm³/mol. The number of amides is 1. The van der Waals surface area contributed by atoms with Crippen molar-refractivity contribution in [2.75, 3.05) is 4.90 Å². The average molecular weight is 524 g/mol. The Hall–Kier alpha value is -3.34. The van der Waals surface area contributed by atoms with E-state index in [4.69, 9.17) is 0 Å². The van der Waals surface area contributed by atoms with E-state index in [1.54, 1.807) is 19.1 Å². The maximum Gasteiger partial charge on any atom is 0.301 e. The van der Waals surface area contributed by atoms with Gasteiger partial charge >= 0.3 is 5.91 Å². The minimum atomic E-state index is -0.890. The number of hydrogen-bond donors (Lipinski definition) is 1. The summed E-state index contributed by atoms with van der Waals surface area (Å²) in [6.07, 6.45) is 0. The molecule has 2 aromatic heterocycles. The van der Waals surface area contributed by atoms with Crippen LogP contribution in [0, 0.1) is 12.7 Å². The third-order valence-electron chi connectivity index (χ3n) is 5.51. The quantitative estimate of drug-likeness (QED) is 0.110. The lowest BCUT2D eigenvalue weighted by Crippen LogP contribution is -2.29. The molecule has 35 heavy (non-hydrogen) atoms. The second-order valence-electron chi connectivity index (χ2n) is 7.77. The van der Waals surface area contributed by atoms with Crippen LogP contribution in [0.25, 0.3) is 5.76 Å². The van der Waals surface area contributed by atoms with E-state index in [0.717, 1.165) is 11.6 Å². The maximum atomic E-state index is 14.2. The zero-order valence-electron chi connectivity index (χ0n) is 18.3. The Bertz CT molecular complexity index is 1430. The van der Waals surface area contributed by atoms with Crippen molar-refractivity contribution in [3.63, 3.8) is 0 Å². The molecule has 0 saturated carbocycles. The van der Waals surface area contributed by atoms with Gasteiger partial charge in [-0.1, -0.05) is 71.6 Å². The number of anilines is 1. The molecule has 1 atom stereocenters. The first kappa shape index (κ1) is 23.4. The molecule has 3 heterocycles. The largest absolute Gasteiger partial charge is 0.507 e. The number of nitrogens with zero attached hydrogens (tertiary/aromatic N) is 3. The Morgan fingerprint density at radius 1 is 1.11 bits per heavy atom. The van der Waals surface area contributed by atoms with Gasteiger partial charge in [0.05, 0.1) is 5.57 Å². The Kier molecular flexibility index (Phi) is 6.50. The molecule has 0 radical (unpaired) electrons. The number of benzene rings is 2. The van der Waals surface area contributed by atoms with Crippen LogP contribution in [-0.4, -0.2) is 27.0 Å². The lowest BCUT2D eigenvalue weighted by molar-refractivity contribution is -0.132. The zero-order valence-corrected chi connectivity index (χ0v) is 20.8. The average Bonchev–Trinajstić information content (AvgIpc) is 3.61. The highest BCUT2D eigenvalue weighted by molar-refractivity contribution is 8.00. The molecule has 1 aliphatic heterocycles. The molecule has 0 bridgehead atoms. The Morgan fingerprint density at radius 2 is 1.91 bits per heavy atom. The number of thioether (sulfide) groups is 1. The van der Waals surface area contributed by atoms with Gasteiger partial charge in [-0.05, 0) is 35.6 Å².